The van der Waals surface area contributed by atoms with Gasteiger partial charge in [0.1, 0.15) is 11.2 Å². The highest BCUT2D eigenvalue weighted by Gasteiger charge is 2.43. The Labute approximate surface area is 168 Å². The number of nitrogens with zero attached hydrogens (tertiary/aromatic N) is 2. The Kier molecular flexibility index (Phi) is 5.63. The molecule has 8 nitrogen and oxygen atoms in total. The van der Waals surface area contributed by atoms with Gasteiger partial charge in [-0.05, 0) is 43.0 Å². The maximum atomic E-state index is 12.7. The average Bonchev–Trinajstić information content (AvgIpc) is 3.34. The zero-order valence-electron chi connectivity index (χ0n) is 16.8. The summed E-state index contributed by atoms with van der Waals surface area (Å²) >= 11 is 0. The fraction of sp³-hybridized carbons (Fsp3) is 0.381. The topological polar surface area (TPSA) is 111 Å². The molecule has 0 aromatic carbocycles. The van der Waals surface area contributed by atoms with Crippen LogP contribution in [0.3, 0.4) is 0 Å². The molecule has 0 saturated heterocycles. The van der Waals surface area contributed by atoms with Gasteiger partial charge in [0.2, 0.25) is 5.78 Å². The Hall–Kier alpha value is -3.29. The van der Waals surface area contributed by atoms with Crippen molar-refractivity contribution < 1.29 is 23.5 Å². The Morgan fingerprint density at radius 1 is 1.34 bits per heavy atom. The number of hydrogen-bond acceptors (Lipinski definition) is 7. The number of pyridine rings is 1. The van der Waals surface area contributed by atoms with Crippen LogP contribution >= 0.6 is 0 Å². The number of ketones is 1. The van der Waals surface area contributed by atoms with Crippen LogP contribution in [0.15, 0.2) is 40.1 Å². The summed E-state index contributed by atoms with van der Waals surface area (Å²) in [6.07, 6.45) is 3.65. The van der Waals surface area contributed by atoms with Crippen LogP contribution in [0.25, 0.3) is 0 Å². The van der Waals surface area contributed by atoms with E-state index in [-0.39, 0.29) is 34.7 Å². The molecule has 152 valence electrons. The van der Waals surface area contributed by atoms with Crippen LogP contribution < -0.4 is 5.32 Å². The molecule has 1 atom stereocenters. The molecule has 0 spiro atoms. The van der Waals surface area contributed by atoms with Gasteiger partial charge in [0.15, 0.2) is 18.2 Å². The first-order valence-corrected chi connectivity index (χ1v) is 9.40. The third kappa shape index (κ3) is 3.96. The fourth-order valence-corrected chi connectivity index (χ4v) is 2.81. The van der Waals surface area contributed by atoms with Crippen molar-refractivity contribution in [3.05, 3.63) is 53.2 Å². The van der Waals surface area contributed by atoms with E-state index in [4.69, 9.17) is 9.15 Å². The lowest BCUT2D eigenvalue weighted by molar-refractivity contribution is -0.123. The van der Waals surface area contributed by atoms with E-state index in [0.29, 0.717) is 6.42 Å². The van der Waals surface area contributed by atoms with Gasteiger partial charge in [0.25, 0.3) is 5.91 Å². The summed E-state index contributed by atoms with van der Waals surface area (Å²) in [6.45, 7) is 7.04. The van der Waals surface area contributed by atoms with E-state index < -0.39 is 23.9 Å². The minimum absolute atomic E-state index is 0.0208. The molecular formula is C21H23N3O5. The van der Waals surface area contributed by atoms with Gasteiger partial charge in [-0.15, -0.1) is 0 Å². The van der Waals surface area contributed by atoms with Gasteiger partial charge in [-0.3, -0.25) is 14.6 Å². The first-order chi connectivity index (χ1) is 13.8. The Morgan fingerprint density at radius 3 is 2.69 bits per heavy atom. The zero-order chi connectivity index (χ0) is 21.2. The molecule has 1 aliphatic heterocycles. The van der Waals surface area contributed by atoms with Crippen molar-refractivity contribution >= 4 is 23.5 Å². The highest BCUT2D eigenvalue weighted by atomic mass is 16.5. The molecule has 1 unspecified atom stereocenters. The average molecular weight is 397 g/mol. The van der Waals surface area contributed by atoms with Gasteiger partial charge in [-0.25, -0.2) is 4.79 Å². The molecule has 2 aromatic heterocycles. The number of aromatic nitrogens is 1. The molecule has 0 radical (unpaired) electrons. The van der Waals surface area contributed by atoms with E-state index in [1.54, 1.807) is 25.3 Å². The number of carbonyl (C=O) groups is 3. The van der Waals surface area contributed by atoms with E-state index in [2.05, 4.69) is 15.3 Å². The van der Waals surface area contributed by atoms with Crippen LogP contribution in [0.4, 0.5) is 0 Å². The third-order valence-electron chi connectivity index (χ3n) is 5.12. The second kappa shape index (κ2) is 7.98. The van der Waals surface area contributed by atoms with Crippen LogP contribution in [0.1, 0.15) is 59.9 Å². The maximum Gasteiger partial charge on any atom is 0.340 e. The number of carbonyl (C=O) groups excluding carboxylic acids is 3. The molecule has 0 aliphatic carbocycles. The molecular weight excluding hydrogens is 374 g/mol. The number of hydrogen-bond donors (Lipinski definition) is 1. The number of amides is 1. The molecule has 2 aromatic rings. The summed E-state index contributed by atoms with van der Waals surface area (Å²) in [5, 5.41) is 3.10. The highest BCUT2D eigenvalue weighted by Crippen LogP contribution is 2.25. The van der Waals surface area contributed by atoms with E-state index in [1.165, 1.54) is 12.3 Å². The normalized spacial score (nSPS) is 18.5. The second-order valence-corrected chi connectivity index (χ2v) is 7.32. The first kappa shape index (κ1) is 20.4. The van der Waals surface area contributed by atoms with Crippen molar-refractivity contribution in [1.29, 1.82) is 0 Å². The number of amidine groups is 1. The number of rotatable bonds is 7. The van der Waals surface area contributed by atoms with Gasteiger partial charge < -0.3 is 14.5 Å². The predicted molar refractivity (Wildman–Crippen MR) is 105 cm³/mol. The third-order valence-corrected chi connectivity index (χ3v) is 5.12. The number of nitrogens with one attached hydrogen (secondary N) is 1. The van der Waals surface area contributed by atoms with E-state index in [0.717, 1.165) is 5.56 Å². The van der Waals surface area contributed by atoms with E-state index in [9.17, 15) is 14.4 Å². The number of aliphatic imine (C=N–C) groups is 1. The maximum absolute atomic E-state index is 12.7. The van der Waals surface area contributed by atoms with Crippen molar-refractivity contribution in [3.8, 4) is 0 Å². The quantitative estimate of drug-likeness (QED) is 0.564. The number of esters is 1. The predicted octanol–water partition coefficient (Wildman–Crippen LogP) is 2.57. The molecule has 1 N–H and O–H groups in total. The van der Waals surface area contributed by atoms with Crippen LogP contribution in [0.2, 0.25) is 0 Å². The van der Waals surface area contributed by atoms with E-state index in [1.807, 2.05) is 20.8 Å². The van der Waals surface area contributed by atoms with Crippen molar-refractivity contribution in [2.45, 2.75) is 39.7 Å². The molecule has 3 rings (SSSR count). The van der Waals surface area contributed by atoms with Crippen LogP contribution in [-0.4, -0.2) is 40.6 Å². The lowest BCUT2D eigenvalue weighted by Gasteiger charge is -2.27. The number of Topliss-reactive ketones (excluding diaryl/α,β-unsaturated/α-hetero) is 1. The van der Waals surface area contributed by atoms with Gasteiger partial charge in [-0.2, -0.15) is 4.99 Å². The van der Waals surface area contributed by atoms with Gasteiger partial charge >= 0.3 is 5.97 Å². The van der Waals surface area contributed by atoms with Crippen molar-refractivity contribution in [2.24, 2.45) is 10.9 Å². The van der Waals surface area contributed by atoms with Crippen LogP contribution in [0.5, 0.6) is 0 Å². The van der Waals surface area contributed by atoms with E-state index >= 15 is 0 Å². The minimum Gasteiger partial charge on any atom is -0.461 e. The lowest BCUT2D eigenvalue weighted by Crippen LogP contribution is -2.50. The summed E-state index contributed by atoms with van der Waals surface area (Å²) < 4.78 is 10.2. The number of aryl methyl sites for hydroxylation is 1. The Morgan fingerprint density at radius 2 is 2.10 bits per heavy atom. The molecule has 0 saturated carbocycles. The smallest absolute Gasteiger partial charge is 0.340 e. The monoisotopic (exact) mass is 397 g/mol. The minimum atomic E-state index is -0.878. The molecule has 0 bridgehead atoms. The number of furan rings is 1. The largest absolute Gasteiger partial charge is 0.461 e. The summed E-state index contributed by atoms with van der Waals surface area (Å²) in [5.41, 5.74) is 0.297. The van der Waals surface area contributed by atoms with Crippen LogP contribution in [0, 0.1) is 5.92 Å². The molecule has 8 heteroatoms. The Bertz CT molecular complexity index is 978. The molecule has 3 heterocycles. The van der Waals surface area contributed by atoms with Gasteiger partial charge in [0, 0.05) is 6.20 Å². The fourth-order valence-electron chi connectivity index (χ4n) is 2.81. The molecule has 1 aliphatic rings. The van der Waals surface area contributed by atoms with Crippen molar-refractivity contribution in [2.75, 3.05) is 6.61 Å². The van der Waals surface area contributed by atoms with Gasteiger partial charge in [-0.1, -0.05) is 20.8 Å². The standard InChI is InChI=1S/C21H23N3O5/c1-5-13-9-14(19(26)29-11-15(25)16-7-6-8-28-16)17(22-10-13)18-23-20(27)21(4,24-18)12(2)3/h6-10,12H,5,11H2,1-4H3,(H,23,24,27). The first-order valence-electron chi connectivity index (χ1n) is 9.40. The van der Waals surface area contributed by atoms with Crippen LogP contribution in [-0.2, 0) is 16.0 Å². The number of ether oxygens (including phenoxy) is 1. The van der Waals surface area contributed by atoms with Crippen molar-refractivity contribution in [1.82, 2.24) is 10.3 Å². The Balaban J connectivity index is 1.86. The molecule has 1 amide bonds. The summed E-state index contributed by atoms with van der Waals surface area (Å²) in [7, 11) is 0. The molecule has 29 heavy (non-hydrogen) atoms. The SMILES string of the molecule is CCc1cnc(C2=NC(=O)C(C)(C(C)C)N2)c(C(=O)OCC(=O)c2ccco2)c1. The highest BCUT2D eigenvalue weighted by molar-refractivity contribution is 6.16. The summed E-state index contributed by atoms with van der Waals surface area (Å²) in [6, 6.07) is 4.71. The summed E-state index contributed by atoms with van der Waals surface area (Å²) in [4.78, 5) is 45.6. The summed E-state index contributed by atoms with van der Waals surface area (Å²) in [5.74, 6) is -1.19. The van der Waals surface area contributed by atoms with Gasteiger partial charge in [0.05, 0.1) is 11.8 Å². The molecule has 0 fully saturated rings. The van der Waals surface area contributed by atoms with Crippen molar-refractivity contribution in [3.63, 3.8) is 0 Å². The second-order valence-electron chi connectivity index (χ2n) is 7.32. The lowest BCUT2D eigenvalue weighted by atomic mass is 9.88. The zero-order valence-corrected chi connectivity index (χ0v) is 16.8.